The molecule has 1 aromatic carbocycles. The van der Waals surface area contributed by atoms with E-state index in [1.165, 1.54) is 6.42 Å². The molecule has 0 spiro atoms. The van der Waals surface area contributed by atoms with Gasteiger partial charge >= 0.3 is 6.61 Å². The van der Waals surface area contributed by atoms with E-state index in [-0.39, 0.29) is 29.7 Å². The maximum Gasteiger partial charge on any atom is 0.387 e. The van der Waals surface area contributed by atoms with Crippen molar-refractivity contribution in [1.29, 1.82) is 0 Å². The van der Waals surface area contributed by atoms with Gasteiger partial charge in [0.15, 0.2) is 17.5 Å². The van der Waals surface area contributed by atoms with Gasteiger partial charge in [0.1, 0.15) is 0 Å². The van der Waals surface area contributed by atoms with Crippen LogP contribution in [-0.4, -0.2) is 57.3 Å². The van der Waals surface area contributed by atoms with Crippen LogP contribution in [-0.2, 0) is 6.54 Å². The second kappa shape index (κ2) is 12.2. The quantitative estimate of drug-likeness (QED) is 0.328. The van der Waals surface area contributed by atoms with Crippen LogP contribution < -0.4 is 20.1 Å². The minimum Gasteiger partial charge on any atom is -0.490 e. The summed E-state index contributed by atoms with van der Waals surface area (Å²) in [5.41, 5.74) is 0.581. The molecule has 1 heterocycles. The van der Waals surface area contributed by atoms with Crippen molar-refractivity contribution >= 4 is 29.9 Å². The Bertz CT molecular complexity index is 605. The highest BCUT2D eigenvalue weighted by atomic mass is 127. The van der Waals surface area contributed by atoms with Gasteiger partial charge in [-0.3, -0.25) is 4.99 Å². The number of nitrogens with zero attached hydrogens (tertiary/aromatic N) is 2. The Morgan fingerprint density at radius 2 is 2.15 bits per heavy atom. The average molecular weight is 498 g/mol. The van der Waals surface area contributed by atoms with Crippen LogP contribution in [0, 0.1) is 0 Å². The lowest BCUT2D eigenvalue weighted by Gasteiger charge is -2.21. The Morgan fingerprint density at radius 3 is 2.74 bits per heavy atom. The summed E-state index contributed by atoms with van der Waals surface area (Å²) in [6.07, 6.45) is 2.36. The molecule has 1 unspecified atom stereocenters. The van der Waals surface area contributed by atoms with Crippen LogP contribution in [0.15, 0.2) is 23.2 Å². The molecule has 9 heteroatoms. The molecule has 1 aliphatic rings. The highest BCUT2D eigenvalue weighted by Crippen LogP contribution is 2.32. The average Bonchev–Trinajstić information content (AvgIpc) is 3.02. The van der Waals surface area contributed by atoms with E-state index in [0.717, 1.165) is 19.5 Å². The zero-order chi connectivity index (χ0) is 18.9. The number of likely N-dealkylation sites (N-methyl/N-ethyl adjacent to an activating group) is 1. The summed E-state index contributed by atoms with van der Waals surface area (Å²) >= 11 is 0. The number of benzene rings is 1. The van der Waals surface area contributed by atoms with Gasteiger partial charge in [0, 0.05) is 31.7 Å². The smallest absolute Gasteiger partial charge is 0.387 e. The maximum absolute atomic E-state index is 12.8. The van der Waals surface area contributed by atoms with Crippen LogP contribution in [0.4, 0.5) is 8.78 Å². The van der Waals surface area contributed by atoms with Gasteiger partial charge in [-0.1, -0.05) is 12.1 Å². The first-order chi connectivity index (χ1) is 12.5. The molecule has 0 amide bonds. The molecule has 1 saturated heterocycles. The van der Waals surface area contributed by atoms with E-state index in [9.17, 15) is 8.78 Å². The largest absolute Gasteiger partial charge is 0.490 e. The van der Waals surface area contributed by atoms with E-state index < -0.39 is 6.61 Å². The Labute approximate surface area is 176 Å². The van der Waals surface area contributed by atoms with Gasteiger partial charge in [0.05, 0.1) is 6.61 Å². The van der Waals surface area contributed by atoms with E-state index in [2.05, 4.69) is 32.3 Å². The fraction of sp³-hybridized carbons (Fsp3) is 0.611. The van der Waals surface area contributed by atoms with Gasteiger partial charge in [-0.25, -0.2) is 0 Å². The van der Waals surface area contributed by atoms with Crippen LogP contribution in [0.5, 0.6) is 11.5 Å². The number of rotatable bonds is 8. The predicted molar refractivity (Wildman–Crippen MR) is 114 cm³/mol. The topological polar surface area (TPSA) is 58.1 Å². The second-order valence-corrected chi connectivity index (χ2v) is 6.14. The number of para-hydroxylation sites is 1. The number of hydrogen-bond donors (Lipinski definition) is 2. The highest BCUT2D eigenvalue weighted by Gasteiger charge is 2.21. The fourth-order valence-electron chi connectivity index (χ4n) is 3.04. The van der Waals surface area contributed by atoms with Gasteiger partial charge in [-0.05, 0) is 39.4 Å². The Hall–Kier alpha value is -1.36. The minimum absolute atomic E-state index is 0. The Morgan fingerprint density at radius 1 is 1.37 bits per heavy atom. The standard InChI is InChI=1S/C18H28F2N4O2.HI/c1-4-25-15-9-5-7-13(16(15)26-17(19)20)11-22-18(21-2)23-12-14-8-6-10-24(14)3;/h5,7,9,14,17H,4,6,8,10-12H2,1-3H3,(H2,21,22,23);1H. The number of alkyl halides is 2. The molecule has 6 nitrogen and oxygen atoms in total. The molecule has 2 rings (SSSR count). The van der Waals surface area contributed by atoms with E-state index >= 15 is 0 Å². The van der Waals surface area contributed by atoms with Crippen molar-refractivity contribution in [1.82, 2.24) is 15.5 Å². The SMILES string of the molecule is CCOc1cccc(CNC(=NC)NCC2CCCN2C)c1OC(F)F.I. The molecular formula is C18H29F2IN4O2. The molecule has 154 valence electrons. The second-order valence-electron chi connectivity index (χ2n) is 6.14. The van der Waals surface area contributed by atoms with Crippen LogP contribution >= 0.6 is 24.0 Å². The van der Waals surface area contributed by atoms with Gasteiger partial charge < -0.3 is 25.0 Å². The molecule has 0 aromatic heterocycles. The molecule has 1 aliphatic heterocycles. The summed E-state index contributed by atoms with van der Waals surface area (Å²) in [6, 6.07) is 5.58. The molecule has 0 aliphatic carbocycles. The van der Waals surface area contributed by atoms with Crippen LogP contribution in [0.3, 0.4) is 0 Å². The van der Waals surface area contributed by atoms with Crippen molar-refractivity contribution in [2.24, 2.45) is 4.99 Å². The number of likely N-dealkylation sites (tertiary alicyclic amines) is 1. The lowest BCUT2D eigenvalue weighted by molar-refractivity contribution is -0.0520. The zero-order valence-electron chi connectivity index (χ0n) is 16.0. The van der Waals surface area contributed by atoms with E-state index in [0.29, 0.717) is 36.5 Å². The van der Waals surface area contributed by atoms with Crippen molar-refractivity contribution < 1.29 is 18.3 Å². The van der Waals surface area contributed by atoms with Crippen molar-refractivity contribution in [2.75, 3.05) is 33.8 Å². The summed E-state index contributed by atoms with van der Waals surface area (Å²) in [7, 11) is 3.80. The highest BCUT2D eigenvalue weighted by molar-refractivity contribution is 14.0. The van der Waals surface area contributed by atoms with E-state index in [1.54, 1.807) is 32.2 Å². The first-order valence-electron chi connectivity index (χ1n) is 8.89. The fourth-order valence-corrected chi connectivity index (χ4v) is 3.04. The molecular weight excluding hydrogens is 469 g/mol. The third kappa shape index (κ3) is 7.28. The lowest BCUT2D eigenvalue weighted by Crippen LogP contribution is -2.43. The van der Waals surface area contributed by atoms with Crippen molar-refractivity contribution in [3.8, 4) is 11.5 Å². The summed E-state index contributed by atoms with van der Waals surface area (Å²) in [4.78, 5) is 6.51. The molecule has 1 aromatic rings. The Kier molecular flexibility index (Phi) is 10.7. The number of aliphatic imine (C=N–C) groups is 1. The van der Waals surface area contributed by atoms with E-state index in [4.69, 9.17) is 4.74 Å². The van der Waals surface area contributed by atoms with Crippen molar-refractivity contribution in [3.05, 3.63) is 23.8 Å². The number of hydrogen-bond acceptors (Lipinski definition) is 4. The Balaban J connectivity index is 0.00000364. The molecule has 1 atom stereocenters. The van der Waals surface area contributed by atoms with Gasteiger partial charge in [0.2, 0.25) is 0 Å². The van der Waals surface area contributed by atoms with Gasteiger partial charge in [0.25, 0.3) is 0 Å². The maximum atomic E-state index is 12.8. The van der Waals surface area contributed by atoms with Crippen LogP contribution in [0.1, 0.15) is 25.3 Å². The normalized spacial score (nSPS) is 17.6. The summed E-state index contributed by atoms with van der Waals surface area (Å²) < 4.78 is 35.6. The monoisotopic (exact) mass is 498 g/mol. The van der Waals surface area contributed by atoms with Gasteiger partial charge in [-0.15, -0.1) is 24.0 Å². The number of nitrogens with one attached hydrogen (secondary N) is 2. The van der Waals surface area contributed by atoms with Crippen molar-refractivity contribution in [3.63, 3.8) is 0 Å². The number of ether oxygens (including phenoxy) is 2. The predicted octanol–water partition coefficient (Wildman–Crippen LogP) is 3.06. The van der Waals surface area contributed by atoms with Crippen LogP contribution in [0.2, 0.25) is 0 Å². The molecule has 27 heavy (non-hydrogen) atoms. The summed E-state index contributed by atoms with van der Waals surface area (Å²) in [6.45, 7) is 1.44. The third-order valence-electron chi connectivity index (χ3n) is 4.41. The van der Waals surface area contributed by atoms with Gasteiger partial charge in [-0.2, -0.15) is 8.78 Å². The van der Waals surface area contributed by atoms with Crippen LogP contribution in [0.25, 0.3) is 0 Å². The molecule has 2 N–H and O–H groups in total. The summed E-state index contributed by atoms with van der Waals surface area (Å²) in [5, 5.41) is 6.44. The lowest BCUT2D eigenvalue weighted by atomic mass is 10.2. The first kappa shape index (κ1) is 23.7. The molecule has 1 fully saturated rings. The molecule has 0 radical (unpaired) electrons. The molecule has 0 saturated carbocycles. The first-order valence-corrected chi connectivity index (χ1v) is 8.89. The third-order valence-corrected chi connectivity index (χ3v) is 4.41. The van der Waals surface area contributed by atoms with E-state index in [1.807, 2.05) is 0 Å². The summed E-state index contributed by atoms with van der Waals surface area (Å²) in [5.74, 6) is 0.987. The number of halogens is 3. The van der Waals surface area contributed by atoms with Crippen molar-refractivity contribution in [2.45, 2.75) is 39.0 Å². The zero-order valence-corrected chi connectivity index (χ0v) is 18.3. The minimum atomic E-state index is -2.91. The molecule has 0 bridgehead atoms. The number of guanidine groups is 1.